The first kappa shape index (κ1) is 16.2. The smallest absolute Gasteiger partial charge is 0.259 e. The molecule has 3 aromatic rings. The Morgan fingerprint density at radius 2 is 2.00 bits per heavy atom. The summed E-state index contributed by atoms with van der Waals surface area (Å²) in [4.78, 5) is 16.3. The van der Waals surface area contributed by atoms with Gasteiger partial charge in [0.1, 0.15) is 11.6 Å². The number of hydrogen-bond donors (Lipinski definition) is 0. The van der Waals surface area contributed by atoms with Gasteiger partial charge < -0.3 is 9.30 Å². The third-order valence-electron chi connectivity index (χ3n) is 4.18. The molecule has 0 aliphatic carbocycles. The number of fused-ring (bicyclic) bond motifs is 1. The molecule has 5 heteroatoms. The van der Waals surface area contributed by atoms with Crippen LogP contribution in [0, 0.1) is 5.82 Å². The van der Waals surface area contributed by atoms with Gasteiger partial charge in [0, 0.05) is 36.8 Å². The summed E-state index contributed by atoms with van der Waals surface area (Å²) in [6, 6.07) is 5.09. The Hall–Kier alpha value is -2.69. The maximum absolute atomic E-state index is 14.7. The van der Waals surface area contributed by atoms with Crippen LogP contribution in [-0.2, 0) is 7.05 Å². The molecule has 0 saturated heterocycles. The zero-order valence-electron chi connectivity index (χ0n) is 14.1. The summed E-state index contributed by atoms with van der Waals surface area (Å²) in [5.74, 6) is 0.210. The van der Waals surface area contributed by atoms with E-state index in [0.29, 0.717) is 22.3 Å². The van der Waals surface area contributed by atoms with E-state index in [1.807, 2.05) is 19.9 Å². The molecule has 0 atom stereocenters. The first-order valence-electron chi connectivity index (χ1n) is 7.75. The molecule has 1 aromatic carbocycles. The lowest BCUT2D eigenvalue weighted by molar-refractivity contribution is 0.402. The molecule has 0 saturated carbocycles. The molecular formula is C19H19FN2O2. The Morgan fingerprint density at radius 3 is 2.67 bits per heavy atom. The van der Waals surface area contributed by atoms with Crippen LogP contribution in [-0.4, -0.2) is 16.7 Å². The van der Waals surface area contributed by atoms with Gasteiger partial charge in [-0.25, -0.2) is 4.39 Å². The van der Waals surface area contributed by atoms with Crippen molar-refractivity contribution in [3.8, 4) is 16.9 Å². The second-order valence-electron chi connectivity index (χ2n) is 6.11. The molecule has 4 nitrogen and oxygen atoms in total. The minimum absolute atomic E-state index is 0.00933. The van der Waals surface area contributed by atoms with E-state index in [4.69, 9.17) is 4.74 Å². The van der Waals surface area contributed by atoms with Gasteiger partial charge in [-0.3, -0.25) is 9.78 Å². The number of aromatic nitrogens is 2. The van der Waals surface area contributed by atoms with Crippen LogP contribution in [0.3, 0.4) is 0 Å². The van der Waals surface area contributed by atoms with Crippen molar-refractivity contribution in [3.63, 3.8) is 0 Å². The lowest BCUT2D eigenvalue weighted by atomic mass is 9.95. The van der Waals surface area contributed by atoms with Gasteiger partial charge >= 0.3 is 0 Å². The number of nitrogens with zero attached hydrogens (tertiary/aromatic N) is 2. The van der Waals surface area contributed by atoms with Gasteiger partial charge in [-0.2, -0.15) is 0 Å². The van der Waals surface area contributed by atoms with Crippen molar-refractivity contribution in [1.29, 1.82) is 0 Å². The van der Waals surface area contributed by atoms with Crippen LogP contribution in [0.5, 0.6) is 5.75 Å². The highest BCUT2D eigenvalue weighted by Gasteiger charge is 2.17. The average molecular weight is 326 g/mol. The van der Waals surface area contributed by atoms with E-state index in [0.717, 1.165) is 10.9 Å². The molecule has 0 spiro atoms. The van der Waals surface area contributed by atoms with E-state index in [9.17, 15) is 9.18 Å². The predicted octanol–water partition coefficient (Wildman–Crippen LogP) is 3.87. The lowest BCUT2D eigenvalue weighted by Gasteiger charge is -2.16. The number of hydrogen-bond acceptors (Lipinski definition) is 3. The Morgan fingerprint density at radius 1 is 1.25 bits per heavy atom. The van der Waals surface area contributed by atoms with Crippen LogP contribution in [0.1, 0.15) is 25.3 Å². The molecule has 0 amide bonds. The highest BCUT2D eigenvalue weighted by molar-refractivity contribution is 5.95. The fourth-order valence-corrected chi connectivity index (χ4v) is 3.02. The van der Waals surface area contributed by atoms with Crippen LogP contribution >= 0.6 is 0 Å². The van der Waals surface area contributed by atoms with Gasteiger partial charge in [0.05, 0.1) is 12.5 Å². The Labute approximate surface area is 139 Å². The molecule has 0 N–H and O–H groups in total. The summed E-state index contributed by atoms with van der Waals surface area (Å²) >= 11 is 0. The van der Waals surface area contributed by atoms with Crippen LogP contribution in [0.2, 0.25) is 0 Å². The average Bonchev–Trinajstić information content (AvgIpc) is 2.57. The minimum atomic E-state index is -0.310. The molecule has 2 aromatic heterocycles. The van der Waals surface area contributed by atoms with Gasteiger partial charge in [-0.15, -0.1) is 0 Å². The van der Waals surface area contributed by atoms with E-state index in [-0.39, 0.29) is 17.3 Å². The number of benzene rings is 1. The molecule has 2 heterocycles. The van der Waals surface area contributed by atoms with Gasteiger partial charge in [-0.05, 0) is 35.1 Å². The summed E-state index contributed by atoms with van der Waals surface area (Å²) in [6.45, 7) is 3.85. The quantitative estimate of drug-likeness (QED) is 0.734. The maximum Gasteiger partial charge on any atom is 0.259 e. The highest BCUT2D eigenvalue weighted by atomic mass is 19.1. The Bertz CT molecular complexity index is 977. The van der Waals surface area contributed by atoms with Crippen molar-refractivity contribution >= 4 is 10.8 Å². The second kappa shape index (κ2) is 6.07. The molecular weight excluding hydrogens is 307 g/mol. The second-order valence-corrected chi connectivity index (χ2v) is 6.11. The third kappa shape index (κ3) is 2.56. The summed E-state index contributed by atoms with van der Waals surface area (Å²) in [5, 5.41) is 1.25. The molecule has 0 fully saturated rings. The first-order chi connectivity index (χ1) is 11.4. The number of rotatable bonds is 3. The molecule has 124 valence electrons. The topological polar surface area (TPSA) is 44.1 Å². The number of pyridine rings is 2. The van der Waals surface area contributed by atoms with Gasteiger partial charge in [0.15, 0.2) is 0 Å². The van der Waals surface area contributed by atoms with Crippen LogP contribution < -0.4 is 10.3 Å². The predicted molar refractivity (Wildman–Crippen MR) is 93.0 cm³/mol. The van der Waals surface area contributed by atoms with E-state index < -0.39 is 0 Å². The number of aryl methyl sites for hydroxylation is 1. The summed E-state index contributed by atoms with van der Waals surface area (Å²) < 4.78 is 21.5. The largest absolute Gasteiger partial charge is 0.496 e. The zero-order valence-corrected chi connectivity index (χ0v) is 14.1. The molecule has 0 bridgehead atoms. The maximum atomic E-state index is 14.7. The standard InChI is InChI=1S/C19H19FN2O2/c1-11(2)18-16(20)7-12(8-17(18)24-4)15-10-22(3)19(23)14-9-21-6-5-13(14)15/h5-11H,1-4H3. The zero-order chi connectivity index (χ0) is 17.4. The molecule has 3 rings (SSSR count). The van der Waals surface area contributed by atoms with Crippen molar-refractivity contribution in [3.05, 3.63) is 58.5 Å². The molecule has 0 aliphatic rings. The first-order valence-corrected chi connectivity index (χ1v) is 7.75. The molecule has 0 unspecified atom stereocenters. The molecule has 0 aliphatic heterocycles. The van der Waals surface area contributed by atoms with Gasteiger partial charge in [0.2, 0.25) is 0 Å². The van der Waals surface area contributed by atoms with Crippen molar-refractivity contribution in [2.75, 3.05) is 7.11 Å². The number of ether oxygens (including phenoxy) is 1. The van der Waals surface area contributed by atoms with E-state index in [1.54, 1.807) is 25.5 Å². The minimum Gasteiger partial charge on any atom is -0.496 e. The van der Waals surface area contributed by atoms with Crippen molar-refractivity contribution in [1.82, 2.24) is 9.55 Å². The fraction of sp³-hybridized carbons (Fsp3) is 0.263. The van der Waals surface area contributed by atoms with Gasteiger partial charge in [-0.1, -0.05) is 13.8 Å². The summed E-state index contributed by atoms with van der Waals surface area (Å²) in [5.41, 5.74) is 1.85. The Kier molecular flexibility index (Phi) is 4.09. The van der Waals surface area contributed by atoms with Crippen molar-refractivity contribution in [2.45, 2.75) is 19.8 Å². The third-order valence-corrected chi connectivity index (χ3v) is 4.18. The van der Waals surface area contributed by atoms with Crippen LogP contribution in [0.25, 0.3) is 21.9 Å². The lowest BCUT2D eigenvalue weighted by Crippen LogP contribution is -2.16. The van der Waals surface area contributed by atoms with Gasteiger partial charge in [0.25, 0.3) is 5.56 Å². The SMILES string of the molecule is COc1cc(-c2cn(C)c(=O)c3cnccc23)cc(F)c1C(C)C. The molecule has 24 heavy (non-hydrogen) atoms. The van der Waals surface area contributed by atoms with Crippen molar-refractivity contribution < 1.29 is 9.13 Å². The fourth-order valence-electron chi connectivity index (χ4n) is 3.02. The number of methoxy groups -OCH3 is 1. The monoisotopic (exact) mass is 326 g/mol. The Balaban J connectivity index is 2.35. The molecule has 0 radical (unpaired) electrons. The van der Waals surface area contributed by atoms with Crippen LogP contribution in [0.4, 0.5) is 4.39 Å². The summed E-state index contributed by atoms with van der Waals surface area (Å²) in [6.07, 6.45) is 4.88. The van der Waals surface area contributed by atoms with E-state index in [2.05, 4.69) is 4.98 Å². The van der Waals surface area contributed by atoms with E-state index >= 15 is 0 Å². The highest BCUT2D eigenvalue weighted by Crippen LogP contribution is 2.35. The number of halogens is 1. The van der Waals surface area contributed by atoms with Crippen molar-refractivity contribution in [2.24, 2.45) is 7.05 Å². The summed E-state index contributed by atoms with van der Waals surface area (Å²) in [7, 11) is 3.21. The van der Waals surface area contributed by atoms with Crippen LogP contribution in [0.15, 0.2) is 41.6 Å². The normalized spacial score (nSPS) is 11.2. The van der Waals surface area contributed by atoms with E-state index in [1.165, 1.54) is 23.9 Å².